The highest BCUT2D eigenvalue weighted by Gasteiger charge is 2.24. The van der Waals surface area contributed by atoms with Crippen LogP contribution < -0.4 is 0 Å². The van der Waals surface area contributed by atoms with E-state index in [0.29, 0.717) is 0 Å². The first-order valence-corrected chi connectivity index (χ1v) is 23.9. The van der Waals surface area contributed by atoms with Gasteiger partial charge in [-0.1, -0.05) is 206 Å². The van der Waals surface area contributed by atoms with Crippen LogP contribution in [-0.2, 0) is 0 Å². The average Bonchev–Trinajstić information content (AvgIpc) is 3.41. The summed E-state index contributed by atoms with van der Waals surface area (Å²) >= 11 is 0. The Labute approximate surface area is 404 Å². The molecule has 0 saturated heterocycles. The molecule has 0 saturated carbocycles. The van der Waals surface area contributed by atoms with Crippen molar-refractivity contribution < 1.29 is 10.2 Å². The largest absolute Gasteiger partial charge is 0.507 e. The second-order valence-corrected chi connectivity index (χ2v) is 18.6. The Bertz CT molecular complexity index is 4210. The van der Waals surface area contributed by atoms with Crippen LogP contribution in [0.2, 0.25) is 0 Å². The number of phenolic OH excluding ortho intramolecular Hbond substituents is 2. The van der Waals surface area contributed by atoms with E-state index < -0.39 is 0 Å². The molecular formula is C68H42O2. The van der Waals surface area contributed by atoms with Gasteiger partial charge in [-0.2, -0.15) is 0 Å². The van der Waals surface area contributed by atoms with E-state index in [-0.39, 0.29) is 11.5 Å². The fourth-order valence-electron chi connectivity index (χ4n) is 11.6. The van der Waals surface area contributed by atoms with Crippen LogP contribution in [0.5, 0.6) is 11.5 Å². The van der Waals surface area contributed by atoms with E-state index >= 15 is 0 Å². The van der Waals surface area contributed by atoms with E-state index in [1.54, 1.807) is 0 Å². The first-order chi connectivity index (χ1) is 34.6. The zero-order chi connectivity index (χ0) is 46.5. The minimum absolute atomic E-state index is 0.253. The van der Waals surface area contributed by atoms with Crippen molar-refractivity contribution >= 4 is 86.2 Å². The topological polar surface area (TPSA) is 40.5 Å². The standard InChI is InChI=1S/C68H42O2/c69-61-35-31-43-15-5-7-19-51(43)67(61)65-55-23-11-9-21-53(55)63(49-27-25-41-13-1-3-17-45(41)37-49)59-39-47(29-33-57(59)65)48-30-34-58-60(40-48)64(50-28-26-42-14-2-4-18-46(42)38-50)54-22-10-12-24-56(54)66(58)68-52-20-8-6-16-44(52)32-36-62(68)70/h1-40,69-70H. The third-order valence-corrected chi connectivity index (χ3v) is 14.8. The van der Waals surface area contributed by atoms with Crippen LogP contribution in [0.15, 0.2) is 243 Å². The molecule has 70 heavy (non-hydrogen) atoms. The van der Waals surface area contributed by atoms with Crippen LogP contribution in [0, 0.1) is 0 Å². The van der Waals surface area contributed by atoms with Crippen LogP contribution in [0.25, 0.3) is 142 Å². The summed E-state index contributed by atoms with van der Waals surface area (Å²) < 4.78 is 0. The average molecular weight is 891 g/mol. The Kier molecular flexibility index (Phi) is 8.93. The molecule has 0 bridgehead atoms. The summed E-state index contributed by atoms with van der Waals surface area (Å²) in [6.07, 6.45) is 0. The third kappa shape index (κ3) is 6.13. The maximum atomic E-state index is 11.9. The van der Waals surface area contributed by atoms with Gasteiger partial charge >= 0.3 is 0 Å². The number of aromatic hydroxyl groups is 2. The lowest BCUT2D eigenvalue weighted by Gasteiger charge is -2.21. The lowest BCUT2D eigenvalue weighted by atomic mass is 9.82. The molecule has 2 N–H and O–H groups in total. The van der Waals surface area contributed by atoms with Crippen molar-refractivity contribution in [3.05, 3.63) is 243 Å². The molecule has 2 heteroatoms. The van der Waals surface area contributed by atoms with Gasteiger partial charge in [0.05, 0.1) is 0 Å². The molecule has 0 fully saturated rings. The molecule has 0 aliphatic rings. The molecule has 0 radical (unpaired) electrons. The van der Waals surface area contributed by atoms with E-state index in [1.807, 2.05) is 24.3 Å². The summed E-state index contributed by atoms with van der Waals surface area (Å²) in [7, 11) is 0. The monoisotopic (exact) mass is 890 g/mol. The molecule has 0 aliphatic carbocycles. The Morgan fingerprint density at radius 3 is 0.886 bits per heavy atom. The molecule has 14 rings (SSSR count). The quantitative estimate of drug-likeness (QED) is 0.169. The van der Waals surface area contributed by atoms with Crippen LogP contribution in [0.1, 0.15) is 0 Å². The van der Waals surface area contributed by atoms with E-state index in [4.69, 9.17) is 0 Å². The van der Waals surface area contributed by atoms with Crippen LogP contribution in [0.3, 0.4) is 0 Å². The number of fused-ring (bicyclic) bond motifs is 8. The highest BCUT2D eigenvalue weighted by molar-refractivity contribution is 6.27. The Morgan fingerprint density at radius 1 is 0.171 bits per heavy atom. The minimum atomic E-state index is 0.253. The molecule has 326 valence electrons. The highest BCUT2D eigenvalue weighted by Crippen LogP contribution is 2.52. The molecule has 2 nitrogen and oxygen atoms in total. The molecule has 0 heterocycles. The smallest absolute Gasteiger partial charge is 0.124 e. The second-order valence-electron chi connectivity index (χ2n) is 18.6. The summed E-state index contributed by atoms with van der Waals surface area (Å²) in [6, 6.07) is 86.2. The molecule has 14 aromatic rings. The van der Waals surface area contributed by atoms with Gasteiger partial charge in [-0.05, 0) is 156 Å². The van der Waals surface area contributed by atoms with Crippen LogP contribution in [-0.4, -0.2) is 10.2 Å². The molecule has 0 atom stereocenters. The lowest BCUT2D eigenvalue weighted by molar-refractivity contribution is 0.477. The number of phenols is 2. The molecule has 0 aromatic heterocycles. The molecular weight excluding hydrogens is 849 g/mol. The molecule has 0 spiro atoms. The maximum absolute atomic E-state index is 11.9. The van der Waals surface area contributed by atoms with E-state index in [2.05, 4.69) is 218 Å². The number of hydrogen-bond acceptors (Lipinski definition) is 2. The Hall–Kier alpha value is -9.24. The van der Waals surface area contributed by atoms with Gasteiger partial charge in [-0.15, -0.1) is 0 Å². The van der Waals surface area contributed by atoms with Crippen molar-refractivity contribution in [2.45, 2.75) is 0 Å². The molecule has 0 amide bonds. The van der Waals surface area contributed by atoms with Crippen LogP contribution in [0.4, 0.5) is 0 Å². The fraction of sp³-hybridized carbons (Fsp3) is 0. The maximum Gasteiger partial charge on any atom is 0.124 e. The minimum Gasteiger partial charge on any atom is -0.507 e. The van der Waals surface area contributed by atoms with Gasteiger partial charge in [-0.3, -0.25) is 0 Å². The van der Waals surface area contributed by atoms with Crippen molar-refractivity contribution in [3.8, 4) is 67.1 Å². The normalized spacial score (nSPS) is 11.8. The van der Waals surface area contributed by atoms with Crippen molar-refractivity contribution in [1.29, 1.82) is 0 Å². The lowest BCUT2D eigenvalue weighted by Crippen LogP contribution is -1.94. The zero-order valence-electron chi connectivity index (χ0n) is 38.0. The van der Waals surface area contributed by atoms with Gasteiger partial charge in [0.25, 0.3) is 0 Å². The summed E-state index contributed by atoms with van der Waals surface area (Å²) in [5, 5.41) is 41.5. The van der Waals surface area contributed by atoms with Crippen molar-refractivity contribution in [2.75, 3.05) is 0 Å². The second kappa shape index (κ2) is 15.7. The SMILES string of the molecule is Oc1ccc2ccccc2c1-c1c2ccccc2c(-c2ccc3ccccc3c2)c2cc(-c3ccc4c(-c5c(O)ccc6ccccc56)c5ccccc5c(-c5ccc6ccccc6c5)c4c3)ccc12. The van der Waals surface area contributed by atoms with Gasteiger partial charge in [0.1, 0.15) is 11.5 Å². The van der Waals surface area contributed by atoms with Crippen molar-refractivity contribution in [3.63, 3.8) is 0 Å². The van der Waals surface area contributed by atoms with Gasteiger partial charge in [0.2, 0.25) is 0 Å². The predicted octanol–water partition coefficient (Wildman–Crippen LogP) is 18.7. The van der Waals surface area contributed by atoms with Gasteiger partial charge in [0.15, 0.2) is 0 Å². The summed E-state index contributed by atoms with van der Waals surface area (Å²) in [4.78, 5) is 0. The first-order valence-electron chi connectivity index (χ1n) is 23.9. The number of rotatable bonds is 5. The predicted molar refractivity (Wildman–Crippen MR) is 297 cm³/mol. The first kappa shape index (κ1) is 39.9. The van der Waals surface area contributed by atoms with E-state index in [1.165, 1.54) is 21.5 Å². The van der Waals surface area contributed by atoms with Crippen LogP contribution >= 0.6 is 0 Å². The van der Waals surface area contributed by atoms with E-state index in [9.17, 15) is 10.2 Å². The number of hydrogen-bond donors (Lipinski definition) is 2. The van der Waals surface area contributed by atoms with Gasteiger partial charge < -0.3 is 10.2 Å². The van der Waals surface area contributed by atoms with Gasteiger partial charge in [0, 0.05) is 22.3 Å². The molecule has 0 unspecified atom stereocenters. The summed E-state index contributed by atoms with van der Waals surface area (Å²) in [5.74, 6) is 0.507. The Morgan fingerprint density at radius 2 is 0.471 bits per heavy atom. The third-order valence-electron chi connectivity index (χ3n) is 14.8. The van der Waals surface area contributed by atoms with E-state index in [0.717, 1.165) is 120 Å². The van der Waals surface area contributed by atoms with Gasteiger partial charge in [-0.25, -0.2) is 0 Å². The fourth-order valence-corrected chi connectivity index (χ4v) is 11.6. The Balaban J connectivity index is 1.10. The van der Waals surface area contributed by atoms with Crippen molar-refractivity contribution in [2.24, 2.45) is 0 Å². The summed E-state index contributed by atoms with van der Waals surface area (Å²) in [5.41, 5.74) is 10.4. The summed E-state index contributed by atoms with van der Waals surface area (Å²) in [6.45, 7) is 0. The number of benzene rings is 14. The zero-order valence-corrected chi connectivity index (χ0v) is 38.0. The molecule has 0 aliphatic heterocycles. The molecule has 14 aromatic carbocycles. The van der Waals surface area contributed by atoms with Crippen molar-refractivity contribution in [1.82, 2.24) is 0 Å². The highest BCUT2D eigenvalue weighted by atomic mass is 16.3.